The van der Waals surface area contributed by atoms with Gasteiger partial charge in [-0.25, -0.2) is 0 Å². The summed E-state index contributed by atoms with van der Waals surface area (Å²) in [7, 11) is 0. The maximum absolute atomic E-state index is 12.8. The molecule has 0 heterocycles. The first-order chi connectivity index (χ1) is 13.5. The second-order valence-corrected chi connectivity index (χ2v) is 6.79. The Morgan fingerprint density at radius 1 is 0.931 bits per heavy atom. The van der Waals surface area contributed by atoms with Crippen molar-refractivity contribution in [2.24, 2.45) is 0 Å². The van der Waals surface area contributed by atoms with Crippen LogP contribution in [0.5, 0.6) is 5.75 Å². The molecule has 1 aliphatic rings. The van der Waals surface area contributed by atoms with E-state index >= 15 is 0 Å². The fourth-order valence-corrected chi connectivity index (χ4v) is 3.19. The SMILES string of the molecule is O=COC1(c2cc(OCC(F)(F)F)cc(-c3ccc(C(F)(F)F)cc3)c2)CCC1. The third-order valence-electron chi connectivity index (χ3n) is 4.82. The second-order valence-electron chi connectivity index (χ2n) is 6.79. The summed E-state index contributed by atoms with van der Waals surface area (Å²) in [6.07, 6.45) is -7.33. The van der Waals surface area contributed by atoms with Gasteiger partial charge in [-0.1, -0.05) is 12.1 Å². The maximum atomic E-state index is 12.8. The van der Waals surface area contributed by atoms with Crippen LogP contribution in [-0.2, 0) is 21.3 Å². The molecule has 0 bridgehead atoms. The molecule has 2 aromatic rings. The third kappa shape index (κ3) is 4.83. The van der Waals surface area contributed by atoms with E-state index in [2.05, 4.69) is 0 Å². The molecule has 9 heteroatoms. The van der Waals surface area contributed by atoms with Gasteiger partial charge in [0.25, 0.3) is 6.47 Å². The van der Waals surface area contributed by atoms with Crippen molar-refractivity contribution in [1.82, 2.24) is 0 Å². The summed E-state index contributed by atoms with van der Waals surface area (Å²) in [4.78, 5) is 10.9. The van der Waals surface area contributed by atoms with E-state index in [1.165, 1.54) is 24.3 Å². The van der Waals surface area contributed by atoms with Crippen molar-refractivity contribution in [3.63, 3.8) is 0 Å². The number of ether oxygens (including phenoxy) is 2. The quantitative estimate of drug-likeness (QED) is 0.435. The van der Waals surface area contributed by atoms with Crippen molar-refractivity contribution in [1.29, 1.82) is 0 Å². The van der Waals surface area contributed by atoms with Crippen molar-refractivity contribution < 1.29 is 40.6 Å². The molecule has 0 unspecified atom stereocenters. The van der Waals surface area contributed by atoms with Crippen LogP contribution < -0.4 is 4.74 Å². The Morgan fingerprint density at radius 3 is 2.07 bits per heavy atom. The summed E-state index contributed by atoms with van der Waals surface area (Å²) in [5.74, 6) is -0.115. The van der Waals surface area contributed by atoms with Gasteiger partial charge >= 0.3 is 12.4 Å². The lowest BCUT2D eigenvalue weighted by Crippen LogP contribution is -2.37. The summed E-state index contributed by atoms with van der Waals surface area (Å²) in [5.41, 5.74) is -0.664. The molecule has 0 amide bonds. The molecule has 1 saturated carbocycles. The normalized spacial score (nSPS) is 16.1. The van der Waals surface area contributed by atoms with Gasteiger partial charge in [-0.3, -0.25) is 4.79 Å². The minimum atomic E-state index is -4.56. The van der Waals surface area contributed by atoms with E-state index in [0.29, 0.717) is 29.5 Å². The van der Waals surface area contributed by atoms with E-state index in [9.17, 15) is 31.1 Å². The van der Waals surface area contributed by atoms with Crippen molar-refractivity contribution in [2.75, 3.05) is 6.61 Å². The summed E-state index contributed by atoms with van der Waals surface area (Å²) >= 11 is 0. The highest BCUT2D eigenvalue weighted by atomic mass is 19.4. The van der Waals surface area contributed by atoms with Gasteiger partial charge in [0, 0.05) is 0 Å². The van der Waals surface area contributed by atoms with Crippen molar-refractivity contribution >= 4 is 6.47 Å². The lowest BCUT2D eigenvalue weighted by molar-refractivity contribution is -0.155. The molecule has 1 fully saturated rings. The van der Waals surface area contributed by atoms with Crippen LogP contribution in [0.3, 0.4) is 0 Å². The van der Waals surface area contributed by atoms with E-state index in [-0.39, 0.29) is 12.2 Å². The topological polar surface area (TPSA) is 35.5 Å². The number of carbonyl (C=O) groups excluding carboxylic acids is 1. The first kappa shape index (κ1) is 21.0. The van der Waals surface area contributed by atoms with Crippen LogP contribution in [-0.4, -0.2) is 19.3 Å². The molecule has 1 aliphatic carbocycles. The lowest BCUT2D eigenvalue weighted by atomic mass is 9.74. The Kier molecular flexibility index (Phi) is 5.51. The molecule has 2 aromatic carbocycles. The van der Waals surface area contributed by atoms with E-state index < -0.39 is 30.1 Å². The molecular weight excluding hydrogens is 402 g/mol. The van der Waals surface area contributed by atoms with Crippen LogP contribution >= 0.6 is 0 Å². The summed E-state index contributed by atoms with van der Waals surface area (Å²) in [6, 6.07) is 8.49. The highest BCUT2D eigenvalue weighted by Gasteiger charge is 2.41. The van der Waals surface area contributed by atoms with E-state index in [1.54, 1.807) is 6.07 Å². The summed E-state index contributed by atoms with van der Waals surface area (Å²) in [6.45, 7) is -1.25. The molecule has 3 rings (SSSR count). The second kappa shape index (κ2) is 7.61. The molecule has 0 spiro atoms. The zero-order valence-electron chi connectivity index (χ0n) is 14.9. The third-order valence-corrected chi connectivity index (χ3v) is 4.82. The zero-order valence-corrected chi connectivity index (χ0v) is 14.9. The molecule has 3 nitrogen and oxygen atoms in total. The Balaban J connectivity index is 2.01. The van der Waals surface area contributed by atoms with E-state index in [4.69, 9.17) is 9.47 Å². The van der Waals surface area contributed by atoms with Crippen LogP contribution in [0.2, 0.25) is 0 Å². The van der Waals surface area contributed by atoms with Crippen molar-refractivity contribution in [3.05, 3.63) is 53.6 Å². The Labute approximate surface area is 162 Å². The number of benzene rings is 2. The van der Waals surface area contributed by atoms with Gasteiger partial charge in [0.2, 0.25) is 0 Å². The number of alkyl halides is 6. The minimum Gasteiger partial charge on any atom is -0.484 e. The molecule has 0 aliphatic heterocycles. The average molecular weight is 418 g/mol. The van der Waals surface area contributed by atoms with Crippen LogP contribution in [0, 0.1) is 0 Å². The van der Waals surface area contributed by atoms with Crippen LogP contribution in [0.15, 0.2) is 42.5 Å². The van der Waals surface area contributed by atoms with Crippen LogP contribution in [0.4, 0.5) is 26.3 Å². The number of rotatable bonds is 6. The van der Waals surface area contributed by atoms with Gasteiger partial charge in [0.05, 0.1) is 5.56 Å². The van der Waals surface area contributed by atoms with Gasteiger partial charge in [-0.05, 0) is 66.3 Å². The maximum Gasteiger partial charge on any atom is 0.422 e. The summed E-state index contributed by atoms with van der Waals surface area (Å²) in [5, 5.41) is 0. The smallest absolute Gasteiger partial charge is 0.422 e. The van der Waals surface area contributed by atoms with Crippen LogP contribution in [0.25, 0.3) is 11.1 Å². The minimum absolute atomic E-state index is 0.115. The van der Waals surface area contributed by atoms with Gasteiger partial charge in [-0.2, -0.15) is 26.3 Å². The number of hydrogen-bond acceptors (Lipinski definition) is 3. The van der Waals surface area contributed by atoms with Gasteiger partial charge in [0.1, 0.15) is 11.4 Å². The Hall–Kier alpha value is -2.71. The van der Waals surface area contributed by atoms with Crippen molar-refractivity contribution in [3.8, 4) is 16.9 Å². The largest absolute Gasteiger partial charge is 0.484 e. The number of carbonyl (C=O) groups is 1. The molecule has 29 heavy (non-hydrogen) atoms. The van der Waals surface area contributed by atoms with Gasteiger partial charge < -0.3 is 9.47 Å². The fraction of sp³-hybridized carbons (Fsp3) is 0.350. The molecular formula is C20H16F6O3. The molecule has 0 N–H and O–H groups in total. The molecule has 156 valence electrons. The fourth-order valence-electron chi connectivity index (χ4n) is 3.19. The van der Waals surface area contributed by atoms with Crippen molar-refractivity contribution in [2.45, 2.75) is 37.2 Å². The first-order valence-corrected chi connectivity index (χ1v) is 8.67. The number of halogens is 6. The Bertz CT molecular complexity index is 867. The number of hydrogen-bond donors (Lipinski definition) is 0. The Morgan fingerprint density at radius 2 is 1.59 bits per heavy atom. The zero-order chi connectivity index (χ0) is 21.3. The monoisotopic (exact) mass is 418 g/mol. The highest BCUT2D eigenvalue weighted by Crippen LogP contribution is 2.46. The standard InChI is InChI=1S/C20H16F6O3/c21-19(22,23)11-28-17-9-14(13-2-4-15(5-3-13)20(24,25)26)8-16(10-17)18(29-12-27)6-1-7-18/h2-5,8-10,12H,1,6-7,11H2. The van der Waals surface area contributed by atoms with E-state index in [0.717, 1.165) is 18.6 Å². The van der Waals surface area contributed by atoms with Gasteiger partial charge in [0.15, 0.2) is 6.61 Å². The predicted molar refractivity (Wildman–Crippen MR) is 91.1 cm³/mol. The highest BCUT2D eigenvalue weighted by molar-refractivity contribution is 5.67. The molecule has 0 atom stereocenters. The molecule has 0 saturated heterocycles. The van der Waals surface area contributed by atoms with Crippen LogP contribution in [0.1, 0.15) is 30.4 Å². The molecule has 0 aromatic heterocycles. The van der Waals surface area contributed by atoms with Gasteiger partial charge in [-0.15, -0.1) is 0 Å². The first-order valence-electron chi connectivity index (χ1n) is 8.67. The summed E-state index contributed by atoms with van der Waals surface area (Å²) < 4.78 is 86.0. The van der Waals surface area contributed by atoms with E-state index in [1.807, 2.05) is 0 Å². The predicted octanol–water partition coefficient (Wildman–Crippen LogP) is 5.87. The molecule has 0 radical (unpaired) electrons. The lowest BCUT2D eigenvalue weighted by Gasteiger charge is -2.40. The average Bonchev–Trinajstić information content (AvgIpc) is 2.61.